The van der Waals surface area contributed by atoms with E-state index >= 15 is 0 Å². The zero-order valence-electron chi connectivity index (χ0n) is 10.0. The van der Waals surface area contributed by atoms with E-state index in [1.165, 1.54) is 19.2 Å². The monoisotopic (exact) mass is 268 g/mol. The molecule has 3 nitrogen and oxygen atoms in total. The number of nitrogens with zero attached hydrogens (tertiary/aromatic N) is 1. The van der Waals surface area contributed by atoms with Crippen molar-refractivity contribution in [3.8, 4) is 17.0 Å². The largest absolute Gasteiger partial charge is 0.480 e. The van der Waals surface area contributed by atoms with Gasteiger partial charge in [-0.1, -0.05) is 12.1 Å². The van der Waals surface area contributed by atoms with E-state index in [0.717, 1.165) is 12.1 Å². The summed E-state index contributed by atoms with van der Waals surface area (Å²) in [6.45, 7) is 0. The molecule has 0 atom stereocenters. The fourth-order valence-electron chi connectivity index (χ4n) is 1.67. The Balaban J connectivity index is 2.43. The Kier molecular flexibility index (Phi) is 3.33. The number of aromatic nitrogens is 1. The Bertz CT molecular complexity index is 579. The lowest BCUT2D eigenvalue weighted by molar-refractivity contribution is -0.137. The molecule has 0 radical (unpaired) electrons. The SMILES string of the molecule is COc1nc(N)ccc1-c1ccc(C(F)(F)F)cc1. The lowest BCUT2D eigenvalue weighted by Crippen LogP contribution is -2.04. The first kappa shape index (κ1) is 13.2. The van der Waals surface area contributed by atoms with Crippen molar-refractivity contribution >= 4 is 5.82 Å². The topological polar surface area (TPSA) is 48.1 Å². The molecule has 1 aromatic carbocycles. The van der Waals surface area contributed by atoms with E-state index in [0.29, 0.717) is 11.1 Å². The van der Waals surface area contributed by atoms with Crippen molar-refractivity contribution in [3.63, 3.8) is 0 Å². The Morgan fingerprint density at radius 2 is 1.68 bits per heavy atom. The molecular weight excluding hydrogens is 257 g/mol. The molecule has 0 fully saturated rings. The second kappa shape index (κ2) is 4.79. The predicted octanol–water partition coefficient (Wildman–Crippen LogP) is 3.36. The van der Waals surface area contributed by atoms with E-state index in [9.17, 15) is 13.2 Å². The number of halogens is 3. The third-order valence-electron chi connectivity index (χ3n) is 2.60. The van der Waals surface area contributed by atoms with Crippen molar-refractivity contribution < 1.29 is 17.9 Å². The fourth-order valence-corrected chi connectivity index (χ4v) is 1.67. The van der Waals surface area contributed by atoms with Crippen molar-refractivity contribution in [2.75, 3.05) is 12.8 Å². The van der Waals surface area contributed by atoms with E-state index in [4.69, 9.17) is 10.5 Å². The van der Waals surface area contributed by atoms with Gasteiger partial charge in [0.1, 0.15) is 5.82 Å². The van der Waals surface area contributed by atoms with Gasteiger partial charge in [0.25, 0.3) is 0 Å². The first-order valence-electron chi connectivity index (χ1n) is 5.40. The number of nitrogen functional groups attached to an aromatic ring is 1. The first-order chi connectivity index (χ1) is 8.91. The van der Waals surface area contributed by atoms with E-state index < -0.39 is 11.7 Å². The van der Waals surface area contributed by atoms with Gasteiger partial charge in [-0.25, -0.2) is 0 Å². The highest BCUT2D eigenvalue weighted by Crippen LogP contribution is 2.33. The van der Waals surface area contributed by atoms with Gasteiger partial charge in [-0.15, -0.1) is 0 Å². The summed E-state index contributed by atoms with van der Waals surface area (Å²) in [5, 5.41) is 0. The summed E-state index contributed by atoms with van der Waals surface area (Å²) < 4.78 is 42.5. The average molecular weight is 268 g/mol. The maximum Gasteiger partial charge on any atom is 0.416 e. The molecule has 1 aromatic heterocycles. The van der Waals surface area contributed by atoms with Crippen LogP contribution < -0.4 is 10.5 Å². The molecule has 1 heterocycles. The van der Waals surface area contributed by atoms with Gasteiger partial charge in [0, 0.05) is 5.56 Å². The molecule has 0 aliphatic carbocycles. The first-order valence-corrected chi connectivity index (χ1v) is 5.40. The minimum Gasteiger partial charge on any atom is -0.480 e. The van der Waals surface area contributed by atoms with Gasteiger partial charge >= 0.3 is 6.18 Å². The minimum absolute atomic E-state index is 0.278. The molecule has 0 aliphatic rings. The molecule has 0 saturated carbocycles. The molecule has 6 heteroatoms. The quantitative estimate of drug-likeness (QED) is 0.908. The van der Waals surface area contributed by atoms with Crippen LogP contribution in [0.3, 0.4) is 0 Å². The van der Waals surface area contributed by atoms with E-state index in [2.05, 4.69) is 4.98 Å². The third-order valence-corrected chi connectivity index (χ3v) is 2.60. The van der Waals surface area contributed by atoms with Crippen molar-refractivity contribution in [2.24, 2.45) is 0 Å². The van der Waals surface area contributed by atoms with Crippen molar-refractivity contribution in [2.45, 2.75) is 6.18 Å². The number of benzene rings is 1. The maximum atomic E-state index is 12.5. The summed E-state index contributed by atoms with van der Waals surface area (Å²) in [7, 11) is 1.43. The molecule has 2 aromatic rings. The number of alkyl halides is 3. The second-order valence-corrected chi connectivity index (χ2v) is 3.87. The van der Waals surface area contributed by atoms with Gasteiger partial charge in [0.2, 0.25) is 5.88 Å². The summed E-state index contributed by atoms with van der Waals surface area (Å²) in [5.41, 5.74) is 6.00. The van der Waals surface area contributed by atoms with Gasteiger partial charge in [0.05, 0.1) is 12.7 Å². The van der Waals surface area contributed by atoms with Crippen LogP contribution in [-0.2, 0) is 6.18 Å². The lowest BCUT2D eigenvalue weighted by atomic mass is 10.0. The smallest absolute Gasteiger partial charge is 0.416 e. The number of nitrogens with two attached hydrogens (primary N) is 1. The molecular formula is C13H11F3N2O. The highest BCUT2D eigenvalue weighted by Gasteiger charge is 2.30. The van der Waals surface area contributed by atoms with Gasteiger partial charge in [-0.2, -0.15) is 18.2 Å². The molecule has 0 aliphatic heterocycles. The van der Waals surface area contributed by atoms with Crippen molar-refractivity contribution in [1.82, 2.24) is 4.98 Å². The van der Waals surface area contributed by atoms with Crippen LogP contribution in [0.5, 0.6) is 5.88 Å². The summed E-state index contributed by atoms with van der Waals surface area (Å²) >= 11 is 0. The van der Waals surface area contributed by atoms with Gasteiger partial charge in [-0.05, 0) is 29.8 Å². The molecule has 100 valence electrons. The Morgan fingerprint density at radius 3 is 2.21 bits per heavy atom. The molecule has 0 unspecified atom stereocenters. The molecule has 19 heavy (non-hydrogen) atoms. The number of pyridine rings is 1. The molecule has 2 rings (SSSR count). The van der Waals surface area contributed by atoms with Crippen LogP contribution in [0.15, 0.2) is 36.4 Å². The molecule has 2 N–H and O–H groups in total. The zero-order valence-corrected chi connectivity index (χ0v) is 10.0. The summed E-state index contributed by atoms with van der Waals surface area (Å²) in [5.74, 6) is 0.562. The normalized spacial score (nSPS) is 11.4. The van der Waals surface area contributed by atoms with Crippen molar-refractivity contribution in [1.29, 1.82) is 0 Å². The summed E-state index contributed by atoms with van der Waals surface area (Å²) in [6, 6.07) is 8.01. The number of anilines is 1. The van der Waals surface area contributed by atoms with E-state index in [1.54, 1.807) is 12.1 Å². The number of rotatable bonds is 2. The Hall–Kier alpha value is -2.24. The van der Waals surface area contributed by atoms with Gasteiger partial charge < -0.3 is 10.5 Å². The van der Waals surface area contributed by atoms with Crippen LogP contribution >= 0.6 is 0 Å². The zero-order chi connectivity index (χ0) is 14.0. The summed E-state index contributed by atoms with van der Waals surface area (Å²) in [4.78, 5) is 3.97. The number of hydrogen-bond donors (Lipinski definition) is 1. The lowest BCUT2D eigenvalue weighted by Gasteiger charge is -2.10. The predicted molar refractivity (Wildman–Crippen MR) is 65.6 cm³/mol. The molecule has 0 spiro atoms. The number of ether oxygens (including phenoxy) is 1. The Morgan fingerprint density at radius 1 is 1.05 bits per heavy atom. The maximum absolute atomic E-state index is 12.5. The minimum atomic E-state index is -4.35. The number of methoxy groups -OCH3 is 1. The average Bonchev–Trinajstić information content (AvgIpc) is 2.37. The van der Waals surface area contributed by atoms with Crippen LogP contribution in [0.25, 0.3) is 11.1 Å². The molecule has 0 saturated heterocycles. The highest BCUT2D eigenvalue weighted by atomic mass is 19.4. The second-order valence-electron chi connectivity index (χ2n) is 3.87. The fraction of sp³-hybridized carbons (Fsp3) is 0.154. The van der Waals surface area contributed by atoms with E-state index in [1.807, 2.05) is 0 Å². The van der Waals surface area contributed by atoms with Crippen LogP contribution in [0.2, 0.25) is 0 Å². The van der Waals surface area contributed by atoms with Crippen LogP contribution in [-0.4, -0.2) is 12.1 Å². The standard InChI is InChI=1S/C13H11F3N2O/c1-19-12-10(6-7-11(17)18-12)8-2-4-9(5-3-8)13(14,15)16/h2-7H,1H3,(H2,17,18). The Labute approximate surface area is 107 Å². The van der Waals surface area contributed by atoms with Gasteiger partial charge in [-0.3, -0.25) is 0 Å². The number of hydrogen-bond acceptors (Lipinski definition) is 3. The van der Waals surface area contributed by atoms with E-state index in [-0.39, 0.29) is 11.7 Å². The summed E-state index contributed by atoms with van der Waals surface area (Å²) in [6.07, 6.45) is -4.35. The van der Waals surface area contributed by atoms with Crippen LogP contribution in [0.4, 0.5) is 19.0 Å². The molecule has 0 amide bonds. The highest BCUT2D eigenvalue weighted by molar-refractivity contribution is 5.70. The third kappa shape index (κ3) is 2.78. The van der Waals surface area contributed by atoms with Crippen LogP contribution in [0, 0.1) is 0 Å². The van der Waals surface area contributed by atoms with Crippen LogP contribution in [0.1, 0.15) is 5.56 Å². The van der Waals surface area contributed by atoms with Gasteiger partial charge in [0.15, 0.2) is 0 Å². The van der Waals surface area contributed by atoms with Crippen molar-refractivity contribution in [3.05, 3.63) is 42.0 Å². The molecule has 0 bridgehead atoms.